The Morgan fingerprint density at radius 2 is 1.76 bits per heavy atom. The van der Waals surface area contributed by atoms with Gasteiger partial charge in [-0.25, -0.2) is 8.42 Å². The van der Waals surface area contributed by atoms with Gasteiger partial charge in [0.1, 0.15) is 4.21 Å². The highest BCUT2D eigenvalue weighted by Gasteiger charge is 2.26. The second-order valence-corrected chi connectivity index (χ2v) is 9.86. The topological polar surface area (TPSA) is 37.4 Å². The standard InChI is InChI=1S/C18H15BrClNO2S2/c19-16-9-8-15(17(20)11-16)13-21(12-14-5-2-1-3-6-14)25(22,23)18-7-4-10-24-18/h1-11H,12-13H2. The molecule has 0 saturated carbocycles. The minimum absolute atomic E-state index is 0.210. The van der Waals surface area contributed by atoms with Crippen LogP contribution in [0.3, 0.4) is 0 Å². The highest BCUT2D eigenvalue weighted by Crippen LogP contribution is 2.28. The third-order valence-electron chi connectivity index (χ3n) is 3.65. The molecule has 1 heterocycles. The van der Waals surface area contributed by atoms with Gasteiger partial charge in [0.15, 0.2) is 0 Å². The van der Waals surface area contributed by atoms with Gasteiger partial charge >= 0.3 is 0 Å². The van der Waals surface area contributed by atoms with Crippen molar-refractivity contribution in [3.05, 3.63) is 86.7 Å². The molecule has 0 spiro atoms. The van der Waals surface area contributed by atoms with Gasteiger partial charge in [-0.05, 0) is 34.7 Å². The lowest BCUT2D eigenvalue weighted by molar-refractivity contribution is 0.402. The molecule has 25 heavy (non-hydrogen) atoms. The third kappa shape index (κ3) is 4.51. The average molecular weight is 457 g/mol. The van der Waals surface area contributed by atoms with Gasteiger partial charge in [-0.3, -0.25) is 0 Å². The molecule has 0 atom stereocenters. The second-order valence-electron chi connectivity index (χ2n) is 5.43. The first-order valence-electron chi connectivity index (χ1n) is 7.48. The molecule has 0 aliphatic rings. The zero-order valence-electron chi connectivity index (χ0n) is 13.1. The fourth-order valence-corrected chi connectivity index (χ4v) is 5.67. The van der Waals surface area contributed by atoms with Gasteiger partial charge in [0.25, 0.3) is 10.0 Å². The van der Waals surface area contributed by atoms with E-state index in [9.17, 15) is 8.42 Å². The molecule has 130 valence electrons. The molecular weight excluding hydrogens is 442 g/mol. The molecule has 0 amide bonds. The first kappa shape index (κ1) is 18.6. The van der Waals surface area contributed by atoms with E-state index in [1.54, 1.807) is 23.6 Å². The van der Waals surface area contributed by atoms with E-state index in [2.05, 4.69) is 15.9 Å². The van der Waals surface area contributed by atoms with Crippen LogP contribution < -0.4 is 0 Å². The van der Waals surface area contributed by atoms with Gasteiger partial charge in [0, 0.05) is 22.6 Å². The summed E-state index contributed by atoms with van der Waals surface area (Å²) < 4.78 is 28.8. The van der Waals surface area contributed by atoms with Crippen molar-refractivity contribution in [3.8, 4) is 0 Å². The Balaban J connectivity index is 1.97. The van der Waals surface area contributed by atoms with Crippen molar-refractivity contribution in [2.75, 3.05) is 0 Å². The Morgan fingerprint density at radius 1 is 1.00 bits per heavy atom. The maximum atomic E-state index is 13.1. The highest BCUT2D eigenvalue weighted by atomic mass is 79.9. The summed E-state index contributed by atoms with van der Waals surface area (Å²) in [6, 6.07) is 18.4. The smallest absolute Gasteiger partial charge is 0.206 e. The van der Waals surface area contributed by atoms with Crippen molar-refractivity contribution in [1.29, 1.82) is 0 Å². The Morgan fingerprint density at radius 3 is 2.40 bits per heavy atom. The van der Waals surface area contributed by atoms with Crippen molar-refractivity contribution in [3.63, 3.8) is 0 Å². The zero-order valence-corrected chi connectivity index (χ0v) is 17.1. The number of hydrogen-bond acceptors (Lipinski definition) is 3. The number of hydrogen-bond donors (Lipinski definition) is 0. The summed E-state index contributed by atoms with van der Waals surface area (Å²) in [6.45, 7) is 0.495. The largest absolute Gasteiger partial charge is 0.253 e. The number of halogens is 2. The quantitative estimate of drug-likeness (QED) is 0.487. The minimum Gasteiger partial charge on any atom is -0.206 e. The van der Waals surface area contributed by atoms with E-state index in [4.69, 9.17) is 11.6 Å². The van der Waals surface area contributed by atoms with Crippen molar-refractivity contribution in [2.45, 2.75) is 17.3 Å². The van der Waals surface area contributed by atoms with Crippen LogP contribution in [-0.4, -0.2) is 12.7 Å². The predicted octanol–water partition coefficient (Wildman–Crippen LogP) is 5.56. The number of thiophene rings is 1. The molecule has 0 bridgehead atoms. The van der Waals surface area contributed by atoms with E-state index >= 15 is 0 Å². The average Bonchev–Trinajstić information content (AvgIpc) is 3.13. The molecule has 0 aliphatic carbocycles. The van der Waals surface area contributed by atoms with Gasteiger partial charge in [0.2, 0.25) is 0 Å². The molecule has 3 nitrogen and oxygen atoms in total. The molecule has 1 aromatic heterocycles. The Hall–Kier alpha value is -1.18. The lowest BCUT2D eigenvalue weighted by Crippen LogP contribution is -2.29. The van der Waals surface area contributed by atoms with E-state index in [0.717, 1.165) is 15.6 Å². The maximum absolute atomic E-state index is 13.1. The molecule has 0 N–H and O–H groups in total. The molecule has 2 aromatic carbocycles. The fraction of sp³-hybridized carbons (Fsp3) is 0.111. The van der Waals surface area contributed by atoms with Crippen LogP contribution in [0, 0.1) is 0 Å². The number of rotatable bonds is 6. The van der Waals surface area contributed by atoms with Crippen molar-refractivity contribution >= 4 is 48.9 Å². The normalized spacial score (nSPS) is 11.8. The third-order valence-corrected chi connectivity index (χ3v) is 7.66. The van der Waals surface area contributed by atoms with Crippen molar-refractivity contribution in [2.24, 2.45) is 0 Å². The maximum Gasteiger partial charge on any atom is 0.253 e. The fourth-order valence-electron chi connectivity index (χ4n) is 2.39. The number of nitrogens with zero attached hydrogens (tertiary/aromatic N) is 1. The lowest BCUT2D eigenvalue weighted by atomic mass is 10.2. The molecule has 3 aromatic rings. The van der Waals surface area contributed by atoms with Crippen LogP contribution in [0.15, 0.2) is 74.7 Å². The zero-order chi connectivity index (χ0) is 17.9. The van der Waals surface area contributed by atoms with E-state index in [0.29, 0.717) is 9.23 Å². The summed E-state index contributed by atoms with van der Waals surface area (Å²) in [6.07, 6.45) is 0. The first-order valence-corrected chi connectivity index (χ1v) is 11.0. The SMILES string of the molecule is O=S(=O)(c1cccs1)N(Cc1ccccc1)Cc1ccc(Br)cc1Cl. The van der Waals surface area contributed by atoms with Gasteiger partial charge in [0.05, 0.1) is 0 Å². The van der Waals surface area contributed by atoms with Gasteiger partial charge in [-0.15, -0.1) is 11.3 Å². The Labute approximate surface area is 165 Å². The van der Waals surface area contributed by atoms with Gasteiger partial charge < -0.3 is 0 Å². The molecule has 7 heteroatoms. The second kappa shape index (κ2) is 8.01. The molecule has 0 radical (unpaired) electrons. The summed E-state index contributed by atoms with van der Waals surface area (Å²) in [5.41, 5.74) is 1.69. The van der Waals surface area contributed by atoms with E-state index < -0.39 is 10.0 Å². The van der Waals surface area contributed by atoms with Crippen LogP contribution in [0.5, 0.6) is 0 Å². The summed E-state index contributed by atoms with van der Waals surface area (Å²) in [7, 11) is -3.60. The van der Waals surface area contributed by atoms with Crippen molar-refractivity contribution < 1.29 is 8.42 Å². The van der Waals surface area contributed by atoms with E-state index in [1.807, 2.05) is 42.5 Å². The lowest BCUT2D eigenvalue weighted by Gasteiger charge is -2.22. The number of sulfonamides is 1. The summed E-state index contributed by atoms with van der Waals surface area (Å²) >= 11 is 10.9. The molecule has 0 fully saturated rings. The summed E-state index contributed by atoms with van der Waals surface area (Å²) in [4.78, 5) is 0. The number of benzene rings is 2. The van der Waals surface area contributed by atoms with Gasteiger partial charge in [-0.1, -0.05) is 70.0 Å². The molecule has 0 saturated heterocycles. The molecule has 0 unspecified atom stereocenters. The predicted molar refractivity (Wildman–Crippen MR) is 106 cm³/mol. The van der Waals surface area contributed by atoms with Crippen LogP contribution in [-0.2, 0) is 23.1 Å². The van der Waals surface area contributed by atoms with Crippen LogP contribution in [0.4, 0.5) is 0 Å². The first-order chi connectivity index (χ1) is 12.0. The monoisotopic (exact) mass is 455 g/mol. The summed E-state index contributed by atoms with van der Waals surface area (Å²) in [5, 5.41) is 2.30. The molecule has 3 rings (SSSR count). The van der Waals surface area contributed by atoms with E-state index in [-0.39, 0.29) is 13.1 Å². The highest BCUT2D eigenvalue weighted by molar-refractivity contribution is 9.10. The van der Waals surface area contributed by atoms with Crippen LogP contribution >= 0.6 is 38.9 Å². The minimum atomic E-state index is -3.60. The van der Waals surface area contributed by atoms with Crippen LogP contribution in [0.2, 0.25) is 5.02 Å². The Bertz CT molecular complexity index is 944. The van der Waals surface area contributed by atoms with E-state index in [1.165, 1.54) is 15.6 Å². The molecular formula is C18H15BrClNO2S2. The summed E-state index contributed by atoms with van der Waals surface area (Å²) in [5.74, 6) is 0. The van der Waals surface area contributed by atoms with Gasteiger partial charge in [-0.2, -0.15) is 4.31 Å². The Kier molecular flexibility index (Phi) is 5.96. The van der Waals surface area contributed by atoms with Crippen LogP contribution in [0.25, 0.3) is 0 Å². The van der Waals surface area contributed by atoms with Crippen LogP contribution in [0.1, 0.15) is 11.1 Å². The van der Waals surface area contributed by atoms with Crippen molar-refractivity contribution in [1.82, 2.24) is 4.31 Å². The molecule has 0 aliphatic heterocycles.